The molecular formula is C46H79NO18. The molecule has 3 aliphatic heterocycles. The van der Waals surface area contributed by atoms with Crippen LogP contribution in [0.4, 0.5) is 0 Å². The van der Waals surface area contributed by atoms with Crippen LogP contribution in [0.2, 0.25) is 0 Å². The van der Waals surface area contributed by atoms with Crippen LogP contribution in [0.1, 0.15) is 104 Å². The number of amides is 1. The summed E-state index contributed by atoms with van der Waals surface area (Å²) in [5, 5.41) is 119. The van der Waals surface area contributed by atoms with E-state index in [4.69, 9.17) is 28.4 Å². The van der Waals surface area contributed by atoms with Gasteiger partial charge in [-0.1, -0.05) is 107 Å². The molecule has 0 aromatic heterocycles. The second kappa shape index (κ2) is 31.7. The Kier molecular flexibility index (Phi) is 27.9. The summed E-state index contributed by atoms with van der Waals surface area (Å²) in [5.41, 5.74) is 0. The largest absolute Gasteiger partial charge is 0.394 e. The summed E-state index contributed by atoms with van der Waals surface area (Å²) in [6.07, 6.45) is 1.47. The Balaban J connectivity index is 1.59. The lowest BCUT2D eigenvalue weighted by molar-refractivity contribution is -0.379. The van der Waals surface area contributed by atoms with E-state index < -0.39 is 124 Å². The predicted octanol–water partition coefficient (Wildman–Crippen LogP) is 0.0230. The molecule has 3 heterocycles. The molecule has 0 aromatic carbocycles. The number of rotatable bonds is 30. The monoisotopic (exact) mass is 934 g/mol. The van der Waals surface area contributed by atoms with Crippen molar-refractivity contribution in [3.63, 3.8) is 0 Å². The number of aliphatic hydroxyl groups is 11. The van der Waals surface area contributed by atoms with E-state index in [-0.39, 0.29) is 18.9 Å². The molecule has 17 unspecified atom stereocenters. The van der Waals surface area contributed by atoms with Crippen molar-refractivity contribution in [2.75, 3.05) is 26.4 Å². The first-order valence-corrected chi connectivity index (χ1v) is 23.4. The van der Waals surface area contributed by atoms with E-state index in [0.717, 1.165) is 57.8 Å². The van der Waals surface area contributed by atoms with Crippen molar-refractivity contribution in [2.24, 2.45) is 0 Å². The van der Waals surface area contributed by atoms with Gasteiger partial charge in [0.25, 0.3) is 0 Å². The molecule has 3 rings (SSSR count). The molecule has 3 saturated heterocycles. The van der Waals surface area contributed by atoms with Crippen LogP contribution in [0.25, 0.3) is 0 Å². The Morgan fingerprint density at radius 2 is 1.03 bits per heavy atom. The number of hydrogen-bond donors (Lipinski definition) is 12. The van der Waals surface area contributed by atoms with E-state index in [9.17, 15) is 61.0 Å². The average molecular weight is 934 g/mol. The lowest BCUT2D eigenvalue weighted by Crippen LogP contribution is -2.66. The number of nitrogens with one attached hydrogen (secondary N) is 1. The second-order valence-electron chi connectivity index (χ2n) is 16.8. The topological polar surface area (TPSA) is 307 Å². The van der Waals surface area contributed by atoms with E-state index >= 15 is 0 Å². The van der Waals surface area contributed by atoms with Crippen LogP contribution < -0.4 is 5.32 Å². The first-order valence-electron chi connectivity index (χ1n) is 23.4. The molecule has 17 atom stereocenters. The molecule has 0 radical (unpaired) electrons. The first-order chi connectivity index (χ1) is 31.3. The fraction of sp³-hybridized carbons (Fsp3) is 0.804. The van der Waals surface area contributed by atoms with Gasteiger partial charge in [-0.15, -0.1) is 0 Å². The van der Waals surface area contributed by atoms with Gasteiger partial charge in [0.1, 0.15) is 73.2 Å². The average Bonchev–Trinajstić information content (AvgIpc) is 3.30. The van der Waals surface area contributed by atoms with Crippen molar-refractivity contribution in [1.29, 1.82) is 0 Å². The lowest BCUT2D eigenvalue weighted by Gasteiger charge is -2.48. The van der Waals surface area contributed by atoms with E-state index in [0.29, 0.717) is 19.3 Å². The molecule has 1 amide bonds. The molecule has 0 aliphatic carbocycles. The number of ether oxygens (including phenoxy) is 6. The van der Waals surface area contributed by atoms with E-state index in [1.807, 2.05) is 12.2 Å². The Bertz CT molecular complexity index is 1400. The Morgan fingerprint density at radius 1 is 0.569 bits per heavy atom. The van der Waals surface area contributed by atoms with Crippen LogP contribution in [0.5, 0.6) is 0 Å². The number of hydrogen-bond acceptors (Lipinski definition) is 18. The maximum atomic E-state index is 13.1. The van der Waals surface area contributed by atoms with Gasteiger partial charge in [0.05, 0.1) is 38.6 Å². The fourth-order valence-corrected chi connectivity index (χ4v) is 7.73. The summed E-state index contributed by atoms with van der Waals surface area (Å²) in [6, 6.07) is -0.921. The third-order valence-corrected chi connectivity index (χ3v) is 11.7. The fourth-order valence-electron chi connectivity index (χ4n) is 7.73. The van der Waals surface area contributed by atoms with Gasteiger partial charge in [0.2, 0.25) is 5.91 Å². The Labute approximate surface area is 383 Å². The third kappa shape index (κ3) is 18.6. The highest BCUT2D eigenvalue weighted by atomic mass is 16.8. The minimum Gasteiger partial charge on any atom is -0.394 e. The van der Waals surface area contributed by atoms with E-state index in [2.05, 4.69) is 55.6 Å². The molecule has 12 N–H and O–H groups in total. The molecule has 19 nitrogen and oxygen atoms in total. The van der Waals surface area contributed by atoms with Crippen LogP contribution in [0.3, 0.4) is 0 Å². The molecule has 19 heteroatoms. The van der Waals surface area contributed by atoms with Gasteiger partial charge < -0.3 is 89.9 Å². The number of carbonyl (C=O) groups excluding carboxylic acids is 1. The summed E-state index contributed by atoms with van der Waals surface area (Å²) in [6.45, 7) is 1.49. The lowest BCUT2D eigenvalue weighted by atomic mass is 9.96. The maximum absolute atomic E-state index is 13.1. The van der Waals surface area contributed by atoms with Crippen molar-refractivity contribution in [2.45, 2.75) is 208 Å². The van der Waals surface area contributed by atoms with Gasteiger partial charge >= 0.3 is 0 Å². The standard InChI is InChI=1S/C46H79NO18/c1-3-5-7-9-11-12-13-14-15-16-18-20-22-24-34(52)47-29(30(51)23-21-19-17-10-8-6-4-2)28-60-44-40(58)37(55)42(32(26-49)62-44)65-46-41(59)38(56)43(33(27-50)63-46)64-45-39(57)36(54)35(53)31(25-48)61-45/h5,7,11-12,14-15,18,20,29-33,35-46,48-51,53-59H,3-4,6,8-10,13,16-17,19,21-28H2,1-2H3,(H,47,52)/b7-5-,12-11-,15-14-,20-18-. The number of aliphatic hydroxyl groups excluding tert-OH is 11. The van der Waals surface area contributed by atoms with E-state index in [1.54, 1.807) is 0 Å². The minimum atomic E-state index is -1.98. The van der Waals surface area contributed by atoms with Crippen LogP contribution in [-0.2, 0) is 33.2 Å². The summed E-state index contributed by atoms with van der Waals surface area (Å²) < 4.78 is 34.0. The van der Waals surface area contributed by atoms with Crippen molar-refractivity contribution >= 4 is 5.91 Å². The molecular weight excluding hydrogens is 854 g/mol. The van der Waals surface area contributed by atoms with Crippen molar-refractivity contribution in [3.05, 3.63) is 48.6 Å². The van der Waals surface area contributed by atoms with Crippen molar-refractivity contribution in [1.82, 2.24) is 5.32 Å². The number of allylic oxidation sites excluding steroid dienone is 8. The highest BCUT2D eigenvalue weighted by Crippen LogP contribution is 2.33. The second-order valence-corrected chi connectivity index (χ2v) is 16.8. The zero-order valence-corrected chi connectivity index (χ0v) is 37.9. The van der Waals surface area contributed by atoms with Crippen LogP contribution in [-0.4, -0.2) is 193 Å². The zero-order chi connectivity index (χ0) is 47.7. The predicted molar refractivity (Wildman–Crippen MR) is 235 cm³/mol. The van der Waals surface area contributed by atoms with Crippen LogP contribution in [0, 0.1) is 0 Å². The van der Waals surface area contributed by atoms with Gasteiger partial charge in [0.15, 0.2) is 18.9 Å². The Hall–Kier alpha value is -2.25. The van der Waals surface area contributed by atoms with Gasteiger partial charge in [-0.25, -0.2) is 0 Å². The smallest absolute Gasteiger partial charge is 0.220 e. The molecule has 3 aliphatic rings. The molecule has 376 valence electrons. The summed E-state index contributed by atoms with van der Waals surface area (Å²) in [7, 11) is 0. The van der Waals surface area contributed by atoms with E-state index in [1.165, 1.54) is 6.42 Å². The van der Waals surface area contributed by atoms with Crippen molar-refractivity contribution in [3.8, 4) is 0 Å². The molecule has 65 heavy (non-hydrogen) atoms. The summed E-state index contributed by atoms with van der Waals surface area (Å²) in [5.74, 6) is -0.332. The molecule has 3 fully saturated rings. The number of unbranched alkanes of at least 4 members (excludes halogenated alkanes) is 6. The summed E-state index contributed by atoms with van der Waals surface area (Å²) >= 11 is 0. The zero-order valence-electron chi connectivity index (χ0n) is 37.9. The van der Waals surface area contributed by atoms with Gasteiger partial charge in [-0.05, 0) is 38.5 Å². The highest BCUT2D eigenvalue weighted by Gasteiger charge is 2.53. The quantitative estimate of drug-likeness (QED) is 0.0334. The maximum Gasteiger partial charge on any atom is 0.220 e. The highest BCUT2D eigenvalue weighted by molar-refractivity contribution is 5.76. The molecule has 0 spiro atoms. The molecule has 0 aromatic rings. The van der Waals surface area contributed by atoms with Gasteiger partial charge in [0, 0.05) is 6.42 Å². The van der Waals surface area contributed by atoms with Gasteiger partial charge in [-0.3, -0.25) is 4.79 Å². The minimum absolute atomic E-state index is 0.142. The number of carbonyl (C=O) groups is 1. The van der Waals surface area contributed by atoms with Crippen molar-refractivity contribution < 1.29 is 89.4 Å². The molecule has 0 bridgehead atoms. The Morgan fingerprint density at radius 3 is 1.57 bits per heavy atom. The SMILES string of the molecule is CC/C=C\C/C=C\C/C=C\C/C=C\CCC(=O)NC(COC1OC(CO)C(OC2OC(CO)C(OC3OC(CO)C(O)C(O)C3O)C(O)C2O)C(O)C1O)C(O)CCCCCCCCC. The van der Waals surface area contributed by atoms with Crippen LogP contribution in [0.15, 0.2) is 48.6 Å². The normalized spacial score (nSPS) is 34.6. The third-order valence-electron chi connectivity index (χ3n) is 11.7. The summed E-state index contributed by atoms with van der Waals surface area (Å²) in [4.78, 5) is 13.1. The first kappa shape index (κ1) is 57.1. The molecule has 0 saturated carbocycles. The van der Waals surface area contributed by atoms with Crippen LogP contribution >= 0.6 is 0 Å². The van der Waals surface area contributed by atoms with Gasteiger partial charge in [-0.2, -0.15) is 0 Å².